The quantitative estimate of drug-likeness (QED) is 0.802. The molecule has 0 fully saturated rings. The lowest BCUT2D eigenvalue weighted by molar-refractivity contribution is -0.129. The summed E-state index contributed by atoms with van der Waals surface area (Å²) in [7, 11) is 0. The van der Waals surface area contributed by atoms with E-state index in [1.165, 1.54) is 0 Å². The molecule has 2 aromatic carbocycles. The first-order valence-corrected chi connectivity index (χ1v) is 9.48. The van der Waals surface area contributed by atoms with E-state index in [0.717, 1.165) is 23.2 Å². The summed E-state index contributed by atoms with van der Waals surface area (Å²) in [5.74, 6) is -0.289. The van der Waals surface area contributed by atoms with Crippen LogP contribution in [0.15, 0.2) is 48.5 Å². The van der Waals surface area contributed by atoms with Crippen molar-refractivity contribution in [2.24, 2.45) is 5.41 Å². The zero-order valence-electron chi connectivity index (χ0n) is 16.6. The summed E-state index contributed by atoms with van der Waals surface area (Å²) >= 11 is 0. The molecule has 2 aromatic rings. The topological polar surface area (TPSA) is 58.2 Å². The Balaban J connectivity index is 1.96. The first-order chi connectivity index (χ1) is 12.7. The van der Waals surface area contributed by atoms with E-state index in [0.29, 0.717) is 12.0 Å². The smallest absolute Gasteiger partial charge is 0.236 e. The highest BCUT2D eigenvalue weighted by atomic mass is 16.2. The minimum Gasteiger partial charge on any atom is -0.383 e. The highest BCUT2D eigenvalue weighted by molar-refractivity contribution is 6.16. The highest BCUT2D eigenvalue weighted by Crippen LogP contribution is 2.37. The molecule has 0 heterocycles. The molecule has 142 valence electrons. The monoisotopic (exact) mass is 364 g/mol. The molecule has 2 N–H and O–H groups in total. The minimum absolute atomic E-state index is 0.0906. The molecule has 0 saturated carbocycles. The molecule has 0 unspecified atom stereocenters. The minimum atomic E-state index is -1.11. The van der Waals surface area contributed by atoms with E-state index >= 15 is 0 Å². The fourth-order valence-corrected chi connectivity index (χ4v) is 3.62. The first-order valence-electron chi connectivity index (χ1n) is 9.48. The fourth-order valence-electron chi connectivity index (χ4n) is 3.62. The predicted octanol–water partition coefficient (Wildman–Crippen LogP) is 4.14. The van der Waals surface area contributed by atoms with E-state index in [1.807, 2.05) is 76.2 Å². The molecule has 0 aromatic heterocycles. The number of nitrogens with one attached hydrogen (secondary N) is 2. The molecular weight excluding hydrogens is 336 g/mol. The number of anilines is 1. The van der Waals surface area contributed by atoms with Crippen LogP contribution < -0.4 is 10.6 Å². The van der Waals surface area contributed by atoms with Gasteiger partial charge in [0.25, 0.3) is 0 Å². The molecule has 1 amide bonds. The Labute approximate surface area is 161 Å². The van der Waals surface area contributed by atoms with E-state index in [2.05, 4.69) is 10.6 Å². The number of rotatable bonds is 4. The number of Topliss-reactive ketones (excluding diaryl/α,β-unsaturated/α-hetero) is 1. The molecule has 4 heteroatoms. The number of fused-ring (bicyclic) bond motifs is 1. The van der Waals surface area contributed by atoms with Crippen LogP contribution in [0.1, 0.15) is 48.7 Å². The van der Waals surface area contributed by atoms with Gasteiger partial charge < -0.3 is 10.6 Å². The summed E-state index contributed by atoms with van der Waals surface area (Å²) in [6.07, 6.45) is 1.22. The van der Waals surface area contributed by atoms with Gasteiger partial charge in [-0.05, 0) is 57.7 Å². The fraction of sp³-hybridized carbons (Fsp3) is 0.391. The van der Waals surface area contributed by atoms with Crippen LogP contribution in [-0.2, 0) is 11.2 Å². The Hall–Kier alpha value is -2.62. The van der Waals surface area contributed by atoms with Crippen LogP contribution in [0.5, 0.6) is 0 Å². The third-order valence-corrected chi connectivity index (χ3v) is 5.17. The van der Waals surface area contributed by atoms with Gasteiger partial charge in [0.2, 0.25) is 5.91 Å². The van der Waals surface area contributed by atoms with E-state index in [1.54, 1.807) is 0 Å². The van der Waals surface area contributed by atoms with Crippen molar-refractivity contribution in [3.8, 4) is 0 Å². The third kappa shape index (κ3) is 3.90. The molecule has 0 aliphatic heterocycles. The van der Waals surface area contributed by atoms with Crippen LogP contribution in [0, 0.1) is 12.3 Å². The highest BCUT2D eigenvalue weighted by Gasteiger charge is 2.49. The molecule has 0 saturated heterocycles. The molecule has 0 bridgehead atoms. The van der Waals surface area contributed by atoms with Gasteiger partial charge in [0.15, 0.2) is 5.78 Å². The number of aryl methyl sites for hydroxylation is 2. The Kier molecular flexibility index (Phi) is 5.09. The van der Waals surface area contributed by atoms with Crippen molar-refractivity contribution < 1.29 is 9.59 Å². The van der Waals surface area contributed by atoms with Crippen molar-refractivity contribution in [2.75, 3.05) is 11.9 Å². The second-order valence-electron chi connectivity index (χ2n) is 8.44. The van der Waals surface area contributed by atoms with Crippen molar-refractivity contribution in [3.05, 3.63) is 65.2 Å². The van der Waals surface area contributed by atoms with E-state index in [9.17, 15) is 9.59 Å². The van der Waals surface area contributed by atoms with Crippen molar-refractivity contribution in [3.63, 3.8) is 0 Å². The number of benzene rings is 2. The number of para-hydroxylation sites is 1. The van der Waals surface area contributed by atoms with Crippen molar-refractivity contribution in [1.29, 1.82) is 0 Å². The summed E-state index contributed by atoms with van der Waals surface area (Å²) < 4.78 is 0. The summed E-state index contributed by atoms with van der Waals surface area (Å²) in [6.45, 7) is 8.12. The Morgan fingerprint density at radius 2 is 1.74 bits per heavy atom. The van der Waals surface area contributed by atoms with E-state index in [4.69, 9.17) is 0 Å². The van der Waals surface area contributed by atoms with Crippen LogP contribution in [0.2, 0.25) is 0 Å². The molecule has 1 aliphatic carbocycles. The van der Waals surface area contributed by atoms with Gasteiger partial charge in [0, 0.05) is 23.3 Å². The Morgan fingerprint density at radius 1 is 1.07 bits per heavy atom. The average Bonchev–Trinajstić information content (AvgIpc) is 2.61. The van der Waals surface area contributed by atoms with Crippen LogP contribution in [0.25, 0.3) is 0 Å². The van der Waals surface area contributed by atoms with Gasteiger partial charge in [0.05, 0.1) is 0 Å². The zero-order valence-corrected chi connectivity index (χ0v) is 16.6. The SMILES string of the molecule is Cc1ccccc1NC[C@]1(C(=O)NC(C)(C)C)CCc2ccccc2C1=O. The molecule has 1 atom stereocenters. The summed E-state index contributed by atoms with van der Waals surface area (Å²) in [5, 5.41) is 6.41. The van der Waals surface area contributed by atoms with Gasteiger partial charge in [-0.15, -0.1) is 0 Å². The number of hydrogen-bond donors (Lipinski definition) is 2. The van der Waals surface area contributed by atoms with Crippen LogP contribution >= 0.6 is 0 Å². The summed E-state index contributed by atoms with van der Waals surface area (Å²) in [6, 6.07) is 15.6. The van der Waals surface area contributed by atoms with Gasteiger partial charge in [-0.25, -0.2) is 0 Å². The number of hydrogen-bond acceptors (Lipinski definition) is 3. The lowest BCUT2D eigenvalue weighted by Gasteiger charge is -2.38. The number of ketones is 1. The van der Waals surface area contributed by atoms with Gasteiger partial charge in [-0.1, -0.05) is 42.5 Å². The Bertz CT molecular complexity index is 867. The lowest BCUT2D eigenvalue weighted by atomic mass is 9.69. The molecule has 4 nitrogen and oxygen atoms in total. The maximum absolute atomic E-state index is 13.5. The zero-order chi connectivity index (χ0) is 19.7. The Morgan fingerprint density at radius 3 is 2.44 bits per heavy atom. The largest absolute Gasteiger partial charge is 0.383 e. The van der Waals surface area contributed by atoms with Crippen molar-refractivity contribution >= 4 is 17.4 Å². The maximum atomic E-state index is 13.5. The van der Waals surface area contributed by atoms with Gasteiger partial charge >= 0.3 is 0 Å². The van der Waals surface area contributed by atoms with Crippen LogP contribution in [-0.4, -0.2) is 23.8 Å². The van der Waals surface area contributed by atoms with Crippen molar-refractivity contribution in [2.45, 2.75) is 46.1 Å². The van der Waals surface area contributed by atoms with Crippen molar-refractivity contribution in [1.82, 2.24) is 5.32 Å². The number of amides is 1. The van der Waals surface area contributed by atoms with E-state index < -0.39 is 11.0 Å². The predicted molar refractivity (Wildman–Crippen MR) is 109 cm³/mol. The molecule has 0 spiro atoms. The normalized spacial score (nSPS) is 19.3. The van der Waals surface area contributed by atoms with Gasteiger partial charge in [-0.2, -0.15) is 0 Å². The first kappa shape index (κ1) is 19.2. The second kappa shape index (κ2) is 7.18. The van der Waals surface area contributed by atoms with Gasteiger partial charge in [0.1, 0.15) is 5.41 Å². The standard InChI is InChI=1S/C23H28N2O2/c1-16-9-5-8-12-19(16)24-15-23(21(27)25-22(2,3)4)14-13-17-10-6-7-11-18(17)20(23)26/h5-12,24H,13-15H2,1-4H3,(H,25,27)/t23-/m1/s1. The molecule has 0 radical (unpaired) electrons. The number of carbonyl (C=O) groups is 2. The molecule has 1 aliphatic rings. The van der Waals surface area contributed by atoms with E-state index in [-0.39, 0.29) is 18.2 Å². The maximum Gasteiger partial charge on any atom is 0.236 e. The summed E-state index contributed by atoms with van der Waals surface area (Å²) in [5.41, 5.74) is 2.23. The summed E-state index contributed by atoms with van der Waals surface area (Å²) in [4.78, 5) is 26.8. The van der Waals surface area contributed by atoms with Crippen LogP contribution in [0.3, 0.4) is 0 Å². The van der Waals surface area contributed by atoms with Gasteiger partial charge in [-0.3, -0.25) is 9.59 Å². The lowest BCUT2D eigenvalue weighted by Crippen LogP contribution is -2.56. The molecule has 27 heavy (non-hydrogen) atoms. The van der Waals surface area contributed by atoms with Crippen LogP contribution in [0.4, 0.5) is 5.69 Å². The second-order valence-corrected chi connectivity index (χ2v) is 8.44. The number of carbonyl (C=O) groups excluding carboxylic acids is 2. The third-order valence-electron chi connectivity index (χ3n) is 5.17. The molecule has 3 rings (SSSR count). The average molecular weight is 364 g/mol. The molecular formula is C23H28N2O2.